The molecule has 4 heteroatoms. The fourth-order valence-electron chi connectivity index (χ4n) is 1.40. The van der Waals surface area contributed by atoms with E-state index in [2.05, 4.69) is 17.3 Å². The van der Waals surface area contributed by atoms with Crippen molar-refractivity contribution in [2.45, 2.75) is 26.2 Å². The van der Waals surface area contributed by atoms with Crippen LogP contribution in [0.15, 0.2) is 6.20 Å². The first kappa shape index (κ1) is 11.0. The van der Waals surface area contributed by atoms with Gasteiger partial charge in [0.1, 0.15) is 0 Å². The number of hydrogen-bond donors (Lipinski definition) is 2. The smallest absolute Gasteiger partial charge is 0.0853 e. The van der Waals surface area contributed by atoms with E-state index in [4.69, 9.17) is 5.11 Å². The van der Waals surface area contributed by atoms with Crippen LogP contribution >= 0.6 is 0 Å². The summed E-state index contributed by atoms with van der Waals surface area (Å²) < 4.78 is 1.83. The summed E-state index contributed by atoms with van der Waals surface area (Å²) >= 11 is 0. The number of aryl methyl sites for hydroxylation is 2. The van der Waals surface area contributed by atoms with E-state index in [-0.39, 0.29) is 6.61 Å². The molecule has 0 amide bonds. The average molecular weight is 197 g/mol. The molecule has 0 aromatic carbocycles. The number of aromatic nitrogens is 2. The van der Waals surface area contributed by atoms with Crippen LogP contribution in [0.2, 0.25) is 0 Å². The summed E-state index contributed by atoms with van der Waals surface area (Å²) in [6.07, 6.45) is 4.80. The number of unbranched alkanes of at least 4 members (excludes halogenated alkanes) is 1. The Balaban J connectivity index is 2.41. The van der Waals surface area contributed by atoms with E-state index < -0.39 is 0 Å². The fourth-order valence-corrected chi connectivity index (χ4v) is 1.40. The van der Waals surface area contributed by atoms with Gasteiger partial charge in [0.05, 0.1) is 11.4 Å². The molecular formula is C10H19N3O. The van der Waals surface area contributed by atoms with Crippen molar-refractivity contribution in [2.24, 2.45) is 7.05 Å². The molecule has 2 N–H and O–H groups in total. The Kier molecular flexibility index (Phi) is 4.46. The minimum absolute atomic E-state index is 0.273. The maximum atomic E-state index is 8.62. The van der Waals surface area contributed by atoms with Crippen LogP contribution in [0.3, 0.4) is 0 Å². The maximum absolute atomic E-state index is 8.62. The zero-order valence-corrected chi connectivity index (χ0v) is 8.95. The third-order valence-corrected chi connectivity index (χ3v) is 2.14. The minimum atomic E-state index is 0.273. The van der Waals surface area contributed by atoms with Crippen molar-refractivity contribution in [1.82, 2.24) is 9.78 Å². The molecule has 1 heterocycles. The van der Waals surface area contributed by atoms with Crippen LogP contribution in [-0.2, 0) is 13.5 Å². The van der Waals surface area contributed by atoms with Crippen molar-refractivity contribution in [2.75, 3.05) is 18.5 Å². The highest BCUT2D eigenvalue weighted by atomic mass is 16.2. The van der Waals surface area contributed by atoms with Crippen LogP contribution in [-0.4, -0.2) is 28.0 Å². The van der Waals surface area contributed by atoms with Gasteiger partial charge in [-0.1, -0.05) is 6.92 Å². The number of anilines is 1. The first-order chi connectivity index (χ1) is 6.77. The van der Waals surface area contributed by atoms with Crippen LogP contribution in [0.1, 0.15) is 25.5 Å². The van der Waals surface area contributed by atoms with Gasteiger partial charge in [0.25, 0.3) is 0 Å². The SMILES string of the molecule is CCc1nn(C)cc1NCCCCO. The second kappa shape index (κ2) is 5.65. The van der Waals surface area contributed by atoms with E-state index in [9.17, 15) is 0 Å². The Morgan fingerprint density at radius 1 is 1.50 bits per heavy atom. The van der Waals surface area contributed by atoms with Gasteiger partial charge in [0.15, 0.2) is 0 Å². The molecule has 1 rings (SSSR count). The lowest BCUT2D eigenvalue weighted by Gasteiger charge is -2.03. The van der Waals surface area contributed by atoms with Crippen LogP contribution in [0, 0.1) is 0 Å². The number of rotatable bonds is 6. The highest BCUT2D eigenvalue weighted by molar-refractivity contribution is 5.46. The van der Waals surface area contributed by atoms with E-state index in [0.29, 0.717) is 0 Å². The summed E-state index contributed by atoms with van der Waals surface area (Å²) in [7, 11) is 1.93. The Hall–Kier alpha value is -1.03. The summed E-state index contributed by atoms with van der Waals surface area (Å²) in [5, 5.41) is 16.3. The molecule has 0 aliphatic heterocycles. The van der Waals surface area contributed by atoms with E-state index in [0.717, 1.165) is 37.2 Å². The van der Waals surface area contributed by atoms with Gasteiger partial charge in [-0.3, -0.25) is 4.68 Å². The predicted molar refractivity (Wildman–Crippen MR) is 57.4 cm³/mol. The summed E-state index contributed by atoms with van der Waals surface area (Å²) in [5.41, 5.74) is 2.23. The lowest BCUT2D eigenvalue weighted by atomic mass is 10.3. The second-order valence-corrected chi connectivity index (χ2v) is 3.37. The summed E-state index contributed by atoms with van der Waals surface area (Å²) in [6.45, 7) is 3.27. The molecular weight excluding hydrogens is 178 g/mol. The Morgan fingerprint density at radius 2 is 2.29 bits per heavy atom. The van der Waals surface area contributed by atoms with Crippen molar-refractivity contribution >= 4 is 5.69 Å². The van der Waals surface area contributed by atoms with Gasteiger partial charge >= 0.3 is 0 Å². The zero-order chi connectivity index (χ0) is 10.4. The molecule has 0 saturated heterocycles. The quantitative estimate of drug-likeness (QED) is 0.673. The van der Waals surface area contributed by atoms with E-state index >= 15 is 0 Å². The fraction of sp³-hybridized carbons (Fsp3) is 0.700. The zero-order valence-electron chi connectivity index (χ0n) is 8.95. The summed E-state index contributed by atoms with van der Waals surface area (Å²) in [6, 6.07) is 0. The van der Waals surface area contributed by atoms with Gasteiger partial charge in [-0.25, -0.2) is 0 Å². The Labute approximate surface area is 84.9 Å². The molecule has 0 bridgehead atoms. The van der Waals surface area contributed by atoms with Crippen molar-refractivity contribution in [3.63, 3.8) is 0 Å². The predicted octanol–water partition coefficient (Wildman–Crippen LogP) is 1.17. The first-order valence-electron chi connectivity index (χ1n) is 5.15. The molecule has 0 saturated carbocycles. The number of nitrogens with zero attached hydrogens (tertiary/aromatic N) is 2. The van der Waals surface area contributed by atoms with Gasteiger partial charge in [-0.2, -0.15) is 5.10 Å². The molecule has 0 unspecified atom stereocenters. The molecule has 0 atom stereocenters. The minimum Gasteiger partial charge on any atom is -0.396 e. The third-order valence-electron chi connectivity index (χ3n) is 2.14. The maximum Gasteiger partial charge on any atom is 0.0853 e. The highest BCUT2D eigenvalue weighted by Gasteiger charge is 2.03. The van der Waals surface area contributed by atoms with Gasteiger partial charge < -0.3 is 10.4 Å². The standard InChI is InChI=1S/C10H19N3O/c1-3-9-10(8-13(2)12-9)11-6-4-5-7-14/h8,11,14H,3-7H2,1-2H3. The van der Waals surface area contributed by atoms with Crippen LogP contribution < -0.4 is 5.32 Å². The Morgan fingerprint density at radius 3 is 2.93 bits per heavy atom. The molecule has 1 aromatic rings. The molecule has 80 valence electrons. The third kappa shape index (κ3) is 3.03. The van der Waals surface area contributed by atoms with Crippen molar-refractivity contribution in [1.29, 1.82) is 0 Å². The average Bonchev–Trinajstić information content (AvgIpc) is 2.54. The normalized spacial score (nSPS) is 10.5. The van der Waals surface area contributed by atoms with Gasteiger partial charge in [-0.05, 0) is 19.3 Å². The van der Waals surface area contributed by atoms with Crippen LogP contribution in [0.25, 0.3) is 0 Å². The summed E-state index contributed by atoms with van der Waals surface area (Å²) in [5.74, 6) is 0. The number of nitrogens with one attached hydrogen (secondary N) is 1. The van der Waals surface area contributed by atoms with Gasteiger partial charge in [-0.15, -0.1) is 0 Å². The Bertz CT molecular complexity index is 270. The monoisotopic (exact) mass is 197 g/mol. The number of aliphatic hydroxyl groups excluding tert-OH is 1. The van der Waals surface area contributed by atoms with Crippen LogP contribution in [0.5, 0.6) is 0 Å². The number of aliphatic hydroxyl groups is 1. The molecule has 14 heavy (non-hydrogen) atoms. The van der Waals surface area contributed by atoms with Crippen molar-refractivity contribution in [3.05, 3.63) is 11.9 Å². The van der Waals surface area contributed by atoms with Gasteiger partial charge in [0, 0.05) is 26.4 Å². The van der Waals surface area contributed by atoms with Crippen LogP contribution in [0.4, 0.5) is 5.69 Å². The molecule has 0 aliphatic carbocycles. The number of hydrogen-bond acceptors (Lipinski definition) is 3. The lowest BCUT2D eigenvalue weighted by Crippen LogP contribution is -2.03. The first-order valence-corrected chi connectivity index (χ1v) is 5.15. The molecule has 0 aliphatic rings. The molecule has 1 aromatic heterocycles. The highest BCUT2D eigenvalue weighted by Crippen LogP contribution is 2.13. The van der Waals surface area contributed by atoms with Gasteiger partial charge in [0.2, 0.25) is 0 Å². The molecule has 0 fully saturated rings. The second-order valence-electron chi connectivity index (χ2n) is 3.37. The lowest BCUT2D eigenvalue weighted by molar-refractivity contribution is 0.286. The molecule has 0 spiro atoms. The van der Waals surface area contributed by atoms with E-state index in [1.807, 2.05) is 17.9 Å². The topological polar surface area (TPSA) is 50.1 Å². The molecule has 4 nitrogen and oxygen atoms in total. The molecule has 0 radical (unpaired) electrons. The van der Waals surface area contributed by atoms with E-state index in [1.165, 1.54) is 0 Å². The summed E-state index contributed by atoms with van der Waals surface area (Å²) in [4.78, 5) is 0. The largest absolute Gasteiger partial charge is 0.396 e. The van der Waals surface area contributed by atoms with E-state index in [1.54, 1.807) is 0 Å². The van der Waals surface area contributed by atoms with Crippen molar-refractivity contribution in [3.8, 4) is 0 Å². The van der Waals surface area contributed by atoms with Crippen molar-refractivity contribution < 1.29 is 5.11 Å².